The molecule has 2 aromatic carbocycles. The van der Waals surface area contributed by atoms with Gasteiger partial charge in [0.25, 0.3) is 5.91 Å². The average molecular weight is 321 g/mol. The molecule has 0 aliphatic carbocycles. The molecule has 0 atom stereocenters. The van der Waals surface area contributed by atoms with Crippen molar-refractivity contribution in [2.45, 2.75) is 0 Å². The Balaban J connectivity index is 1.90. The van der Waals surface area contributed by atoms with Crippen molar-refractivity contribution < 1.29 is 27.8 Å². The number of benzene rings is 2. The number of rotatable bonds is 5. The van der Waals surface area contributed by atoms with Crippen LogP contribution in [0.15, 0.2) is 42.5 Å². The van der Waals surface area contributed by atoms with Gasteiger partial charge in [0, 0.05) is 11.8 Å². The molecule has 0 spiro atoms. The summed E-state index contributed by atoms with van der Waals surface area (Å²) in [4.78, 5) is 23.0. The fourth-order valence-corrected chi connectivity index (χ4v) is 1.74. The number of methoxy groups -OCH3 is 1. The smallest absolute Gasteiger partial charge is 0.337 e. The van der Waals surface area contributed by atoms with E-state index < -0.39 is 30.1 Å². The van der Waals surface area contributed by atoms with Crippen LogP contribution in [0, 0.1) is 11.6 Å². The minimum Gasteiger partial charge on any atom is -0.481 e. The molecule has 2 aromatic rings. The van der Waals surface area contributed by atoms with Crippen LogP contribution in [0.2, 0.25) is 0 Å². The Morgan fingerprint density at radius 3 is 2.39 bits per heavy atom. The maximum Gasteiger partial charge on any atom is 0.337 e. The second kappa shape index (κ2) is 7.35. The Hall–Kier alpha value is -2.96. The lowest BCUT2D eigenvalue weighted by atomic mass is 10.2. The predicted molar refractivity (Wildman–Crippen MR) is 78.3 cm³/mol. The molecular formula is C16H13F2NO4. The van der Waals surface area contributed by atoms with Gasteiger partial charge >= 0.3 is 5.97 Å². The largest absolute Gasteiger partial charge is 0.481 e. The van der Waals surface area contributed by atoms with E-state index in [9.17, 15) is 18.4 Å². The highest BCUT2D eigenvalue weighted by atomic mass is 19.1. The van der Waals surface area contributed by atoms with E-state index in [0.29, 0.717) is 17.3 Å². The van der Waals surface area contributed by atoms with E-state index in [-0.39, 0.29) is 5.75 Å². The number of amides is 1. The summed E-state index contributed by atoms with van der Waals surface area (Å²) in [5.41, 5.74) is 0.779. The van der Waals surface area contributed by atoms with Crippen LogP contribution in [0.5, 0.6) is 5.75 Å². The van der Waals surface area contributed by atoms with Crippen molar-refractivity contribution in [2.75, 3.05) is 19.0 Å². The first-order chi connectivity index (χ1) is 11.0. The molecule has 1 amide bonds. The summed E-state index contributed by atoms with van der Waals surface area (Å²) in [6.07, 6.45) is 0. The summed E-state index contributed by atoms with van der Waals surface area (Å²) in [7, 11) is 1.27. The number of hydrogen-bond acceptors (Lipinski definition) is 4. The molecule has 23 heavy (non-hydrogen) atoms. The summed E-state index contributed by atoms with van der Waals surface area (Å²) in [6.45, 7) is -0.443. The third-order valence-corrected chi connectivity index (χ3v) is 2.84. The van der Waals surface area contributed by atoms with Gasteiger partial charge in [0.1, 0.15) is 5.82 Å². The molecule has 0 fully saturated rings. The number of ether oxygens (including phenoxy) is 2. The maximum absolute atomic E-state index is 13.3. The van der Waals surface area contributed by atoms with Crippen molar-refractivity contribution in [3.05, 3.63) is 59.7 Å². The van der Waals surface area contributed by atoms with E-state index >= 15 is 0 Å². The summed E-state index contributed by atoms with van der Waals surface area (Å²) in [5.74, 6) is -2.86. The summed E-state index contributed by atoms with van der Waals surface area (Å²) < 4.78 is 35.6. The highest BCUT2D eigenvalue weighted by molar-refractivity contribution is 5.93. The Labute approximate surface area is 130 Å². The zero-order valence-electron chi connectivity index (χ0n) is 12.1. The minimum atomic E-state index is -0.889. The lowest BCUT2D eigenvalue weighted by Crippen LogP contribution is -2.20. The molecule has 7 heteroatoms. The highest BCUT2D eigenvalue weighted by Gasteiger charge is 2.09. The van der Waals surface area contributed by atoms with Crippen molar-refractivity contribution in [2.24, 2.45) is 0 Å². The van der Waals surface area contributed by atoms with Crippen LogP contribution >= 0.6 is 0 Å². The first kappa shape index (κ1) is 16.4. The van der Waals surface area contributed by atoms with Crippen molar-refractivity contribution in [1.29, 1.82) is 0 Å². The van der Waals surface area contributed by atoms with Crippen molar-refractivity contribution in [3.8, 4) is 5.75 Å². The van der Waals surface area contributed by atoms with Gasteiger partial charge in [0.05, 0.1) is 12.7 Å². The van der Waals surface area contributed by atoms with Crippen molar-refractivity contribution >= 4 is 17.6 Å². The van der Waals surface area contributed by atoms with Crippen LogP contribution in [0.3, 0.4) is 0 Å². The van der Waals surface area contributed by atoms with E-state index in [1.807, 2.05) is 0 Å². The van der Waals surface area contributed by atoms with Gasteiger partial charge in [-0.1, -0.05) is 0 Å². The summed E-state index contributed by atoms with van der Waals surface area (Å²) in [6, 6.07) is 8.80. The highest BCUT2D eigenvalue weighted by Crippen LogP contribution is 2.17. The molecule has 0 aromatic heterocycles. The molecule has 0 saturated carbocycles. The zero-order chi connectivity index (χ0) is 16.8. The third kappa shape index (κ3) is 4.50. The molecule has 1 N–H and O–H groups in total. The fourth-order valence-electron chi connectivity index (χ4n) is 1.74. The molecule has 0 radical (unpaired) electrons. The van der Waals surface area contributed by atoms with Gasteiger partial charge in [-0.05, 0) is 36.4 Å². The van der Waals surface area contributed by atoms with Crippen LogP contribution in [0.25, 0.3) is 0 Å². The van der Waals surface area contributed by atoms with Crippen molar-refractivity contribution in [3.63, 3.8) is 0 Å². The van der Waals surface area contributed by atoms with Gasteiger partial charge in [-0.2, -0.15) is 0 Å². The van der Waals surface area contributed by atoms with E-state index in [2.05, 4.69) is 10.1 Å². The minimum absolute atomic E-state index is 0.220. The van der Waals surface area contributed by atoms with Gasteiger partial charge in [0.2, 0.25) is 0 Å². The molecule has 5 nitrogen and oxygen atoms in total. The second-order valence-corrected chi connectivity index (χ2v) is 4.48. The first-order valence-electron chi connectivity index (χ1n) is 6.55. The average Bonchev–Trinajstić information content (AvgIpc) is 2.54. The van der Waals surface area contributed by atoms with Crippen LogP contribution in [-0.2, 0) is 9.53 Å². The monoisotopic (exact) mass is 321 g/mol. The SMILES string of the molecule is COC(=O)c1ccc(NC(=O)COc2ccc(F)cc2F)cc1. The van der Waals surface area contributed by atoms with E-state index in [1.165, 1.54) is 31.4 Å². The summed E-state index contributed by atoms with van der Waals surface area (Å²) >= 11 is 0. The Kier molecular flexibility index (Phi) is 5.24. The van der Waals surface area contributed by atoms with E-state index in [4.69, 9.17) is 4.74 Å². The van der Waals surface area contributed by atoms with Crippen LogP contribution < -0.4 is 10.1 Å². The normalized spacial score (nSPS) is 10.0. The molecule has 2 rings (SSSR count). The van der Waals surface area contributed by atoms with Gasteiger partial charge < -0.3 is 14.8 Å². The third-order valence-electron chi connectivity index (χ3n) is 2.84. The standard InChI is InChI=1S/C16H13F2NO4/c1-22-16(21)10-2-5-12(6-3-10)19-15(20)9-23-14-7-4-11(17)8-13(14)18/h2-8H,9H2,1H3,(H,19,20). The number of halogens is 2. The molecule has 0 bridgehead atoms. The first-order valence-corrected chi connectivity index (χ1v) is 6.55. The maximum atomic E-state index is 13.3. The molecule has 0 heterocycles. The Morgan fingerprint density at radius 2 is 1.78 bits per heavy atom. The predicted octanol–water partition coefficient (Wildman–Crippen LogP) is 2.77. The molecule has 0 aliphatic rings. The second-order valence-electron chi connectivity index (χ2n) is 4.48. The number of carbonyl (C=O) groups excluding carboxylic acids is 2. The van der Waals surface area contributed by atoms with Gasteiger partial charge in [0.15, 0.2) is 18.2 Å². The molecule has 120 valence electrons. The number of esters is 1. The van der Waals surface area contributed by atoms with Crippen molar-refractivity contribution in [1.82, 2.24) is 0 Å². The van der Waals surface area contributed by atoms with Crippen LogP contribution in [-0.4, -0.2) is 25.6 Å². The van der Waals surface area contributed by atoms with Crippen LogP contribution in [0.4, 0.5) is 14.5 Å². The lowest BCUT2D eigenvalue weighted by molar-refractivity contribution is -0.118. The van der Waals surface area contributed by atoms with E-state index in [1.54, 1.807) is 0 Å². The molecule has 0 aliphatic heterocycles. The number of nitrogens with one attached hydrogen (secondary N) is 1. The Morgan fingerprint density at radius 1 is 1.09 bits per heavy atom. The quantitative estimate of drug-likeness (QED) is 0.860. The molecular weight excluding hydrogens is 308 g/mol. The van der Waals surface area contributed by atoms with Gasteiger partial charge in [-0.3, -0.25) is 4.79 Å². The number of carbonyl (C=O) groups is 2. The van der Waals surface area contributed by atoms with Gasteiger partial charge in [-0.15, -0.1) is 0 Å². The molecule has 0 saturated heterocycles. The Bertz CT molecular complexity index is 717. The zero-order valence-corrected chi connectivity index (χ0v) is 12.1. The number of anilines is 1. The summed E-state index contributed by atoms with van der Waals surface area (Å²) in [5, 5.41) is 2.51. The lowest BCUT2D eigenvalue weighted by Gasteiger charge is -2.08. The van der Waals surface area contributed by atoms with Gasteiger partial charge in [-0.25, -0.2) is 13.6 Å². The molecule has 0 unspecified atom stereocenters. The topological polar surface area (TPSA) is 64.6 Å². The number of hydrogen-bond donors (Lipinski definition) is 1. The van der Waals surface area contributed by atoms with E-state index in [0.717, 1.165) is 12.1 Å². The van der Waals surface area contributed by atoms with Crippen LogP contribution in [0.1, 0.15) is 10.4 Å². The fraction of sp³-hybridized carbons (Fsp3) is 0.125.